The third-order valence-corrected chi connectivity index (χ3v) is 2.03. The Hall–Kier alpha value is -1.63. The van der Waals surface area contributed by atoms with Crippen molar-refractivity contribution in [3.05, 3.63) is 28.8 Å². The molecule has 0 spiro atoms. The summed E-state index contributed by atoms with van der Waals surface area (Å²) in [5.74, 6) is -2.39. The quantitative estimate of drug-likeness (QED) is 0.825. The lowest BCUT2D eigenvalue weighted by Gasteiger charge is -2.10. The van der Waals surface area contributed by atoms with Gasteiger partial charge in [-0.25, -0.2) is 18.0 Å². The molecule has 1 aromatic heterocycles. The molecule has 4 nitrogen and oxygen atoms in total. The van der Waals surface area contributed by atoms with E-state index in [1.165, 1.54) is 6.92 Å². The van der Waals surface area contributed by atoms with E-state index >= 15 is 0 Å². The van der Waals surface area contributed by atoms with Crippen LogP contribution in [0.2, 0.25) is 0 Å². The Bertz CT molecular complexity index is 424. The third kappa shape index (κ3) is 2.73. The van der Waals surface area contributed by atoms with Gasteiger partial charge in [-0.2, -0.15) is 0 Å². The predicted molar refractivity (Wildman–Crippen MR) is 53.0 cm³/mol. The smallest absolute Gasteiger partial charge is 0.341 e. The van der Waals surface area contributed by atoms with Crippen molar-refractivity contribution < 1.29 is 22.7 Å². The van der Waals surface area contributed by atoms with Gasteiger partial charge in [0.05, 0.1) is 6.61 Å². The van der Waals surface area contributed by atoms with Crippen molar-refractivity contribution >= 4 is 5.97 Å². The van der Waals surface area contributed by atoms with Gasteiger partial charge < -0.3 is 10.5 Å². The van der Waals surface area contributed by atoms with Crippen molar-refractivity contribution in [3.63, 3.8) is 0 Å². The summed E-state index contributed by atoms with van der Waals surface area (Å²) >= 11 is 0. The van der Waals surface area contributed by atoms with Crippen molar-refractivity contribution in [1.29, 1.82) is 0 Å². The molecule has 94 valence electrons. The third-order valence-electron chi connectivity index (χ3n) is 2.03. The van der Waals surface area contributed by atoms with Gasteiger partial charge in [-0.1, -0.05) is 0 Å². The van der Waals surface area contributed by atoms with Gasteiger partial charge in [0.25, 0.3) is 6.43 Å². The number of hydrogen-bond acceptors (Lipinski definition) is 4. The van der Waals surface area contributed by atoms with Gasteiger partial charge in [0.15, 0.2) is 5.82 Å². The highest BCUT2D eigenvalue weighted by Gasteiger charge is 2.25. The number of alkyl halides is 2. The van der Waals surface area contributed by atoms with Gasteiger partial charge in [-0.15, -0.1) is 0 Å². The fourth-order valence-corrected chi connectivity index (χ4v) is 1.27. The van der Waals surface area contributed by atoms with Crippen LogP contribution in [0.5, 0.6) is 0 Å². The van der Waals surface area contributed by atoms with Crippen molar-refractivity contribution in [1.82, 2.24) is 4.98 Å². The Morgan fingerprint density at radius 1 is 1.59 bits per heavy atom. The number of rotatable bonds is 4. The van der Waals surface area contributed by atoms with Crippen molar-refractivity contribution in [2.24, 2.45) is 5.73 Å². The van der Waals surface area contributed by atoms with Crippen LogP contribution in [0.1, 0.15) is 35.0 Å². The number of halogens is 3. The summed E-state index contributed by atoms with van der Waals surface area (Å²) < 4.78 is 43.0. The average Bonchev–Trinajstić information content (AvgIpc) is 2.27. The van der Waals surface area contributed by atoms with Gasteiger partial charge >= 0.3 is 5.97 Å². The van der Waals surface area contributed by atoms with Crippen molar-refractivity contribution in [2.45, 2.75) is 19.9 Å². The van der Waals surface area contributed by atoms with E-state index in [-0.39, 0.29) is 18.7 Å². The minimum Gasteiger partial charge on any atom is -0.462 e. The highest BCUT2D eigenvalue weighted by atomic mass is 19.3. The second-order valence-electron chi connectivity index (χ2n) is 3.08. The van der Waals surface area contributed by atoms with Crippen LogP contribution in [0, 0.1) is 5.82 Å². The molecule has 1 aromatic rings. The van der Waals surface area contributed by atoms with Gasteiger partial charge in [-0.3, -0.25) is 4.98 Å². The Morgan fingerprint density at radius 2 is 2.24 bits per heavy atom. The van der Waals surface area contributed by atoms with Crippen LogP contribution >= 0.6 is 0 Å². The first-order valence-corrected chi connectivity index (χ1v) is 4.85. The van der Waals surface area contributed by atoms with Crippen molar-refractivity contribution in [3.8, 4) is 0 Å². The lowest BCUT2D eigenvalue weighted by atomic mass is 10.1. The zero-order chi connectivity index (χ0) is 13.0. The highest BCUT2D eigenvalue weighted by molar-refractivity contribution is 5.91. The molecule has 2 N–H and O–H groups in total. The van der Waals surface area contributed by atoms with E-state index in [1.807, 2.05) is 0 Å². The van der Waals surface area contributed by atoms with E-state index in [1.54, 1.807) is 0 Å². The monoisotopic (exact) mass is 248 g/mol. The molecule has 0 aliphatic rings. The number of nitrogens with zero attached hydrogens (tertiary/aromatic N) is 1. The van der Waals surface area contributed by atoms with Gasteiger partial charge in [0.2, 0.25) is 0 Å². The molecule has 7 heteroatoms. The zero-order valence-electron chi connectivity index (χ0n) is 9.04. The first-order valence-electron chi connectivity index (χ1n) is 4.85. The number of pyridine rings is 1. The lowest BCUT2D eigenvalue weighted by molar-refractivity contribution is 0.0517. The van der Waals surface area contributed by atoms with E-state index in [2.05, 4.69) is 9.72 Å². The standard InChI is InChI=1S/C10H11F3N2O2/c1-2-17-10(16)6-5(3-14)4-15-8(7(6)11)9(12)13/h4,9H,2-3,14H2,1H3. The van der Waals surface area contributed by atoms with Gasteiger partial charge in [0, 0.05) is 18.3 Å². The molecule has 17 heavy (non-hydrogen) atoms. The molecule has 0 aliphatic carbocycles. The van der Waals surface area contributed by atoms with Crippen LogP contribution < -0.4 is 5.73 Å². The SMILES string of the molecule is CCOC(=O)c1c(CN)cnc(C(F)F)c1F. The topological polar surface area (TPSA) is 65.2 Å². The number of aromatic nitrogens is 1. The molecule has 1 heterocycles. The molecule has 0 aliphatic heterocycles. The second-order valence-corrected chi connectivity index (χ2v) is 3.08. The summed E-state index contributed by atoms with van der Waals surface area (Å²) in [6.07, 6.45) is -2.15. The molecule has 0 amide bonds. The van der Waals surface area contributed by atoms with Crippen LogP contribution in [0.15, 0.2) is 6.20 Å². The molecule has 0 bridgehead atoms. The summed E-state index contributed by atoms with van der Waals surface area (Å²) in [5, 5.41) is 0. The highest BCUT2D eigenvalue weighted by Crippen LogP contribution is 2.24. The van der Waals surface area contributed by atoms with E-state index < -0.39 is 29.5 Å². The predicted octanol–water partition coefficient (Wildman–Crippen LogP) is 1.79. The van der Waals surface area contributed by atoms with E-state index in [0.29, 0.717) is 0 Å². The molecule has 0 aromatic carbocycles. The normalized spacial score (nSPS) is 10.7. The van der Waals surface area contributed by atoms with E-state index in [9.17, 15) is 18.0 Å². The molecular formula is C10H11F3N2O2. The van der Waals surface area contributed by atoms with Crippen LogP contribution in [-0.2, 0) is 11.3 Å². The molecule has 0 saturated heterocycles. The molecule has 0 fully saturated rings. The Morgan fingerprint density at radius 3 is 2.71 bits per heavy atom. The van der Waals surface area contributed by atoms with Crippen LogP contribution in [0.25, 0.3) is 0 Å². The molecular weight excluding hydrogens is 237 g/mol. The molecule has 0 radical (unpaired) electrons. The summed E-state index contributed by atoms with van der Waals surface area (Å²) in [6.45, 7) is 1.34. The second kappa shape index (κ2) is 5.62. The van der Waals surface area contributed by atoms with E-state index in [0.717, 1.165) is 6.20 Å². The Kier molecular flexibility index (Phi) is 4.45. The van der Waals surface area contributed by atoms with Crippen LogP contribution in [0.4, 0.5) is 13.2 Å². The maximum Gasteiger partial charge on any atom is 0.341 e. The molecule has 0 unspecified atom stereocenters. The summed E-state index contributed by atoms with van der Waals surface area (Å²) in [5.41, 5.74) is 3.66. The fraction of sp³-hybridized carbons (Fsp3) is 0.400. The van der Waals surface area contributed by atoms with Crippen molar-refractivity contribution in [2.75, 3.05) is 6.61 Å². The summed E-state index contributed by atoms with van der Waals surface area (Å²) in [7, 11) is 0. The fourth-order valence-electron chi connectivity index (χ4n) is 1.27. The van der Waals surface area contributed by atoms with Gasteiger partial charge in [-0.05, 0) is 6.92 Å². The largest absolute Gasteiger partial charge is 0.462 e. The summed E-state index contributed by atoms with van der Waals surface area (Å²) in [4.78, 5) is 14.7. The zero-order valence-corrected chi connectivity index (χ0v) is 9.04. The number of carbonyl (C=O) groups is 1. The van der Waals surface area contributed by atoms with E-state index in [4.69, 9.17) is 5.73 Å². The van der Waals surface area contributed by atoms with Gasteiger partial charge in [0.1, 0.15) is 11.3 Å². The molecule has 1 rings (SSSR count). The number of esters is 1. The van der Waals surface area contributed by atoms with Crippen LogP contribution in [-0.4, -0.2) is 17.6 Å². The number of carbonyl (C=O) groups excluding carboxylic acids is 1. The van der Waals surface area contributed by atoms with Crippen LogP contribution in [0.3, 0.4) is 0 Å². The molecule has 0 atom stereocenters. The Labute approximate surface area is 95.6 Å². The minimum absolute atomic E-state index is 0.00855. The Balaban J connectivity index is 3.32. The number of ether oxygens (including phenoxy) is 1. The first kappa shape index (κ1) is 13.4. The lowest BCUT2D eigenvalue weighted by Crippen LogP contribution is -2.16. The maximum absolute atomic E-state index is 13.6. The minimum atomic E-state index is -3.10. The summed E-state index contributed by atoms with van der Waals surface area (Å²) in [6, 6.07) is 0. The number of hydrogen-bond donors (Lipinski definition) is 1. The first-order chi connectivity index (χ1) is 8.02. The maximum atomic E-state index is 13.6. The number of nitrogens with two attached hydrogens (primary N) is 1. The molecule has 0 saturated carbocycles. The average molecular weight is 248 g/mol.